The third-order valence-electron chi connectivity index (χ3n) is 3.94. The van der Waals surface area contributed by atoms with E-state index in [2.05, 4.69) is 5.32 Å². The predicted molar refractivity (Wildman–Crippen MR) is 79.4 cm³/mol. The van der Waals surface area contributed by atoms with Gasteiger partial charge in [0.05, 0.1) is 12.7 Å². The Bertz CT molecular complexity index is 298. The molecule has 4 unspecified atom stereocenters. The molecular weight excluding hydrogens is 262 g/mol. The number of rotatable bonds is 6. The molecule has 0 bridgehead atoms. The average molecular weight is 289 g/mol. The molecule has 0 aromatic heterocycles. The lowest BCUT2D eigenvalue weighted by Gasteiger charge is -2.39. The first kappa shape index (κ1) is 16.8. The molecule has 1 aliphatic carbocycles. The van der Waals surface area contributed by atoms with E-state index in [4.69, 9.17) is 4.74 Å². The third-order valence-corrected chi connectivity index (χ3v) is 5.55. The fourth-order valence-electron chi connectivity index (χ4n) is 2.54. The Hall–Kier alpha value is -0.260. The number of aliphatic hydroxyl groups is 1. The fraction of sp³-hybridized carbons (Fsp3) is 0.929. The molecule has 0 aromatic carbocycles. The molecule has 0 aromatic rings. The zero-order chi connectivity index (χ0) is 14.5. The summed E-state index contributed by atoms with van der Waals surface area (Å²) < 4.78 is 5.22. The molecule has 0 aliphatic heterocycles. The summed E-state index contributed by atoms with van der Waals surface area (Å²) in [4.78, 5) is 12.2. The van der Waals surface area contributed by atoms with Crippen LogP contribution in [0, 0.1) is 0 Å². The molecule has 4 nitrogen and oxygen atoms in total. The molecule has 1 rings (SSSR count). The number of ether oxygens (including phenoxy) is 1. The molecule has 0 saturated heterocycles. The Morgan fingerprint density at radius 3 is 2.79 bits per heavy atom. The van der Waals surface area contributed by atoms with Gasteiger partial charge in [0.25, 0.3) is 0 Å². The zero-order valence-electron chi connectivity index (χ0n) is 12.4. The summed E-state index contributed by atoms with van der Waals surface area (Å²) in [5.74, 6) is -0.132. The van der Waals surface area contributed by atoms with E-state index in [0.717, 1.165) is 25.7 Å². The lowest BCUT2D eigenvalue weighted by atomic mass is 9.81. The number of aliphatic hydroxyl groups excluding tert-OH is 1. The Morgan fingerprint density at radius 1 is 1.58 bits per heavy atom. The van der Waals surface area contributed by atoms with Crippen LogP contribution in [0.4, 0.5) is 0 Å². The van der Waals surface area contributed by atoms with E-state index in [0.29, 0.717) is 11.9 Å². The second-order valence-corrected chi connectivity index (χ2v) is 7.04. The van der Waals surface area contributed by atoms with Crippen LogP contribution in [0.2, 0.25) is 0 Å². The number of carbonyl (C=O) groups is 1. The van der Waals surface area contributed by atoms with Gasteiger partial charge in [-0.05, 0) is 46.6 Å². The van der Waals surface area contributed by atoms with Gasteiger partial charge in [0.1, 0.15) is 5.54 Å². The normalized spacial score (nSPS) is 30.7. The monoisotopic (exact) mass is 289 g/mol. The van der Waals surface area contributed by atoms with Gasteiger partial charge in [0.2, 0.25) is 0 Å². The smallest absolute Gasteiger partial charge is 0.326 e. The summed E-state index contributed by atoms with van der Waals surface area (Å²) in [7, 11) is 1.84. The lowest BCUT2D eigenvalue weighted by Crippen LogP contribution is -2.55. The van der Waals surface area contributed by atoms with E-state index in [1.165, 1.54) is 0 Å². The van der Waals surface area contributed by atoms with E-state index in [1.807, 2.05) is 27.8 Å². The van der Waals surface area contributed by atoms with E-state index >= 15 is 0 Å². The summed E-state index contributed by atoms with van der Waals surface area (Å²) >= 11 is 1.78. The van der Waals surface area contributed by atoms with Gasteiger partial charge in [-0.25, -0.2) is 0 Å². The minimum absolute atomic E-state index is 0.132. The largest absolute Gasteiger partial charge is 0.465 e. The van der Waals surface area contributed by atoms with E-state index < -0.39 is 5.54 Å². The van der Waals surface area contributed by atoms with Crippen molar-refractivity contribution in [1.29, 1.82) is 0 Å². The van der Waals surface area contributed by atoms with E-state index in [1.54, 1.807) is 11.8 Å². The summed E-state index contributed by atoms with van der Waals surface area (Å²) in [6.45, 7) is 6.11. The molecule has 1 fully saturated rings. The van der Waals surface area contributed by atoms with Crippen molar-refractivity contribution in [2.75, 3.05) is 13.7 Å². The van der Waals surface area contributed by atoms with E-state index in [9.17, 15) is 9.90 Å². The van der Waals surface area contributed by atoms with Gasteiger partial charge in [-0.3, -0.25) is 4.79 Å². The van der Waals surface area contributed by atoms with Gasteiger partial charge in [-0.2, -0.15) is 11.8 Å². The SMILES string of the molecule is CCOC(=O)C1(NC)CCCC(SC(C)C(C)O)C1. The molecule has 112 valence electrons. The maximum absolute atomic E-state index is 12.2. The maximum atomic E-state index is 12.2. The van der Waals surface area contributed by atoms with Crippen LogP contribution in [0.3, 0.4) is 0 Å². The number of thioether (sulfide) groups is 1. The number of carbonyl (C=O) groups excluding carboxylic acids is 1. The first-order valence-electron chi connectivity index (χ1n) is 7.15. The molecule has 0 heterocycles. The van der Waals surface area contributed by atoms with Crippen LogP contribution in [-0.4, -0.2) is 46.9 Å². The van der Waals surface area contributed by atoms with Crippen LogP contribution >= 0.6 is 11.8 Å². The molecule has 1 aliphatic rings. The van der Waals surface area contributed by atoms with Crippen molar-refractivity contribution in [1.82, 2.24) is 5.32 Å². The van der Waals surface area contributed by atoms with Crippen molar-refractivity contribution in [2.24, 2.45) is 0 Å². The highest BCUT2D eigenvalue weighted by Gasteiger charge is 2.43. The van der Waals surface area contributed by atoms with Gasteiger partial charge < -0.3 is 15.2 Å². The molecule has 5 heteroatoms. The molecule has 19 heavy (non-hydrogen) atoms. The summed E-state index contributed by atoms with van der Waals surface area (Å²) in [5.41, 5.74) is -0.537. The maximum Gasteiger partial charge on any atom is 0.326 e. The van der Waals surface area contributed by atoms with Gasteiger partial charge in [0.15, 0.2) is 0 Å². The number of likely N-dealkylation sites (N-methyl/N-ethyl adjacent to an activating group) is 1. The molecule has 2 N–H and O–H groups in total. The highest BCUT2D eigenvalue weighted by atomic mass is 32.2. The van der Waals surface area contributed by atoms with Crippen LogP contribution < -0.4 is 5.32 Å². The molecule has 1 saturated carbocycles. The topological polar surface area (TPSA) is 58.6 Å². The predicted octanol–water partition coefficient (Wildman–Crippen LogP) is 1.95. The summed E-state index contributed by atoms with van der Waals surface area (Å²) in [6, 6.07) is 0. The highest BCUT2D eigenvalue weighted by Crippen LogP contribution is 2.37. The molecule has 0 radical (unpaired) electrons. The number of esters is 1. The van der Waals surface area contributed by atoms with Crippen LogP contribution in [0.25, 0.3) is 0 Å². The molecule has 0 amide bonds. The average Bonchev–Trinajstić information content (AvgIpc) is 2.39. The Morgan fingerprint density at radius 2 is 2.26 bits per heavy atom. The minimum atomic E-state index is -0.537. The standard InChI is InChI=1S/C14H27NO3S/c1-5-18-13(17)14(15-4)8-6-7-12(9-14)19-11(3)10(2)16/h10-12,15-16H,5-9H2,1-4H3. The zero-order valence-corrected chi connectivity index (χ0v) is 13.3. The molecular formula is C14H27NO3S. The molecule has 0 spiro atoms. The summed E-state index contributed by atoms with van der Waals surface area (Å²) in [6.07, 6.45) is 3.42. The quantitative estimate of drug-likeness (QED) is 0.732. The van der Waals surface area contributed by atoms with Crippen LogP contribution in [0.15, 0.2) is 0 Å². The van der Waals surface area contributed by atoms with Gasteiger partial charge >= 0.3 is 5.97 Å². The Kier molecular flexibility index (Phi) is 6.63. The third kappa shape index (κ3) is 4.36. The van der Waals surface area contributed by atoms with Gasteiger partial charge in [-0.15, -0.1) is 0 Å². The van der Waals surface area contributed by atoms with Crippen LogP contribution in [0.5, 0.6) is 0 Å². The Labute approximate surface area is 120 Å². The number of nitrogens with one attached hydrogen (secondary N) is 1. The minimum Gasteiger partial charge on any atom is -0.465 e. The van der Waals surface area contributed by atoms with Gasteiger partial charge in [0, 0.05) is 10.5 Å². The second-order valence-electron chi connectivity index (χ2n) is 5.35. The van der Waals surface area contributed by atoms with Crippen molar-refractivity contribution in [3.05, 3.63) is 0 Å². The van der Waals surface area contributed by atoms with Crippen LogP contribution in [0.1, 0.15) is 46.5 Å². The van der Waals surface area contributed by atoms with Crippen molar-refractivity contribution in [3.8, 4) is 0 Å². The van der Waals surface area contributed by atoms with Crippen molar-refractivity contribution < 1.29 is 14.6 Å². The van der Waals surface area contributed by atoms with Crippen molar-refractivity contribution in [2.45, 2.75) is 68.6 Å². The fourth-order valence-corrected chi connectivity index (χ4v) is 4.06. The van der Waals surface area contributed by atoms with Crippen molar-refractivity contribution in [3.63, 3.8) is 0 Å². The second kappa shape index (κ2) is 7.50. The molecule has 4 atom stereocenters. The first-order valence-corrected chi connectivity index (χ1v) is 8.09. The lowest BCUT2D eigenvalue weighted by molar-refractivity contribution is -0.152. The van der Waals surface area contributed by atoms with Crippen molar-refractivity contribution >= 4 is 17.7 Å². The van der Waals surface area contributed by atoms with Gasteiger partial charge in [-0.1, -0.05) is 6.92 Å². The van der Waals surface area contributed by atoms with E-state index in [-0.39, 0.29) is 17.3 Å². The first-order chi connectivity index (χ1) is 8.95. The Balaban J connectivity index is 2.67. The van der Waals surface area contributed by atoms with Crippen LogP contribution in [-0.2, 0) is 9.53 Å². The highest BCUT2D eigenvalue weighted by molar-refractivity contribution is 8.00. The summed E-state index contributed by atoms with van der Waals surface area (Å²) in [5, 5.41) is 13.4. The number of hydrogen-bond donors (Lipinski definition) is 2. The number of hydrogen-bond acceptors (Lipinski definition) is 5.